The zero-order valence-electron chi connectivity index (χ0n) is 14.3. The van der Waals surface area contributed by atoms with Crippen LogP contribution in [0.15, 0.2) is 66.7 Å². The second-order valence-electron chi connectivity index (χ2n) is 6.02. The third-order valence-electron chi connectivity index (χ3n) is 3.72. The fourth-order valence-electron chi connectivity index (χ4n) is 2.63. The van der Waals surface area contributed by atoms with Crippen LogP contribution in [0.25, 0.3) is 22.5 Å². The number of ether oxygens (including phenoxy) is 1. The van der Waals surface area contributed by atoms with Gasteiger partial charge in [-0.2, -0.15) is 0 Å². The van der Waals surface area contributed by atoms with E-state index in [2.05, 4.69) is 49.5 Å². The molecule has 1 aromatic heterocycles. The molecule has 122 valence electrons. The molecule has 0 radical (unpaired) electrons. The van der Waals surface area contributed by atoms with Gasteiger partial charge in [-0.05, 0) is 38.1 Å². The predicted octanol–water partition coefficient (Wildman–Crippen LogP) is 5.24. The summed E-state index contributed by atoms with van der Waals surface area (Å²) in [6, 6.07) is 22.8. The van der Waals surface area contributed by atoms with E-state index in [9.17, 15) is 0 Å². The van der Waals surface area contributed by atoms with Gasteiger partial charge in [0.1, 0.15) is 5.75 Å². The van der Waals surface area contributed by atoms with Crippen LogP contribution in [-0.2, 0) is 0 Å². The first-order chi connectivity index (χ1) is 11.7. The highest BCUT2D eigenvalue weighted by molar-refractivity contribution is 5.72. The van der Waals surface area contributed by atoms with Crippen molar-refractivity contribution in [1.29, 1.82) is 0 Å². The van der Waals surface area contributed by atoms with Crippen molar-refractivity contribution in [1.82, 2.24) is 4.98 Å². The lowest BCUT2D eigenvalue weighted by Gasteiger charge is -2.14. The molecule has 0 spiro atoms. The average Bonchev–Trinajstić information content (AvgIpc) is 2.61. The second kappa shape index (κ2) is 7.18. The molecule has 0 aliphatic heterocycles. The number of rotatable bonds is 5. The number of hydrogen-bond acceptors (Lipinski definition) is 3. The summed E-state index contributed by atoms with van der Waals surface area (Å²) < 4.78 is 5.34. The molecule has 24 heavy (non-hydrogen) atoms. The lowest BCUT2D eigenvalue weighted by Crippen LogP contribution is -2.10. The summed E-state index contributed by atoms with van der Waals surface area (Å²) in [5.41, 5.74) is 5.10. The molecule has 0 amide bonds. The first kappa shape index (κ1) is 16.1. The van der Waals surface area contributed by atoms with Gasteiger partial charge >= 0.3 is 0 Å². The molecule has 1 heterocycles. The lowest BCUT2D eigenvalue weighted by atomic mass is 10.1. The number of benzene rings is 2. The van der Waals surface area contributed by atoms with Gasteiger partial charge in [-0.15, -0.1) is 0 Å². The quantitative estimate of drug-likeness (QED) is 0.698. The molecule has 3 heteroatoms. The maximum atomic E-state index is 5.34. The Labute approximate surface area is 143 Å². The van der Waals surface area contributed by atoms with Crippen LogP contribution in [0, 0.1) is 0 Å². The van der Waals surface area contributed by atoms with Gasteiger partial charge in [-0.3, -0.25) is 0 Å². The van der Waals surface area contributed by atoms with Crippen LogP contribution in [0.4, 0.5) is 5.69 Å². The SMILES string of the molecule is COc1cccc(-c2cc(NC(C)C)cc(-c3ccccc3)n2)c1. The van der Waals surface area contributed by atoms with Crippen molar-refractivity contribution in [2.24, 2.45) is 0 Å². The summed E-state index contributed by atoms with van der Waals surface area (Å²) in [6.07, 6.45) is 0. The summed E-state index contributed by atoms with van der Waals surface area (Å²) >= 11 is 0. The first-order valence-electron chi connectivity index (χ1n) is 8.14. The van der Waals surface area contributed by atoms with E-state index in [1.165, 1.54) is 0 Å². The smallest absolute Gasteiger partial charge is 0.119 e. The van der Waals surface area contributed by atoms with Gasteiger partial charge in [0.25, 0.3) is 0 Å². The predicted molar refractivity (Wildman–Crippen MR) is 100 cm³/mol. The third-order valence-corrected chi connectivity index (χ3v) is 3.72. The Kier molecular flexibility index (Phi) is 4.80. The van der Waals surface area contributed by atoms with Crippen molar-refractivity contribution in [3.8, 4) is 28.3 Å². The highest BCUT2D eigenvalue weighted by atomic mass is 16.5. The van der Waals surface area contributed by atoms with Crippen molar-refractivity contribution < 1.29 is 4.74 Å². The number of hydrogen-bond donors (Lipinski definition) is 1. The van der Waals surface area contributed by atoms with Crippen LogP contribution < -0.4 is 10.1 Å². The first-order valence-corrected chi connectivity index (χ1v) is 8.14. The number of anilines is 1. The number of aromatic nitrogens is 1. The summed E-state index contributed by atoms with van der Waals surface area (Å²) in [7, 11) is 1.68. The molecule has 0 aliphatic rings. The largest absolute Gasteiger partial charge is 0.497 e. The Hall–Kier alpha value is -2.81. The van der Waals surface area contributed by atoms with E-state index < -0.39 is 0 Å². The monoisotopic (exact) mass is 318 g/mol. The molecule has 0 unspecified atom stereocenters. The number of methoxy groups -OCH3 is 1. The highest BCUT2D eigenvalue weighted by Gasteiger charge is 2.08. The van der Waals surface area contributed by atoms with Crippen LogP contribution >= 0.6 is 0 Å². The van der Waals surface area contributed by atoms with E-state index in [1.54, 1.807) is 7.11 Å². The number of pyridine rings is 1. The summed E-state index contributed by atoms with van der Waals surface area (Å²) in [4.78, 5) is 4.86. The van der Waals surface area contributed by atoms with Crippen LogP contribution in [0.3, 0.4) is 0 Å². The second-order valence-corrected chi connectivity index (χ2v) is 6.02. The summed E-state index contributed by atoms with van der Waals surface area (Å²) in [6.45, 7) is 4.27. The van der Waals surface area contributed by atoms with Gasteiger partial charge in [0.05, 0.1) is 18.5 Å². The molecular formula is C21H22N2O. The molecular weight excluding hydrogens is 296 g/mol. The van der Waals surface area contributed by atoms with Crippen molar-refractivity contribution in [3.05, 3.63) is 66.7 Å². The molecule has 0 atom stereocenters. The minimum Gasteiger partial charge on any atom is -0.497 e. The normalized spacial score (nSPS) is 10.7. The maximum Gasteiger partial charge on any atom is 0.119 e. The molecule has 1 N–H and O–H groups in total. The average molecular weight is 318 g/mol. The minimum atomic E-state index is 0.356. The summed E-state index contributed by atoms with van der Waals surface area (Å²) in [5.74, 6) is 0.831. The highest BCUT2D eigenvalue weighted by Crippen LogP contribution is 2.29. The zero-order chi connectivity index (χ0) is 16.9. The molecule has 3 rings (SSSR count). The third kappa shape index (κ3) is 3.74. The maximum absolute atomic E-state index is 5.34. The van der Waals surface area contributed by atoms with Gasteiger partial charge in [0, 0.05) is 22.9 Å². The van der Waals surface area contributed by atoms with Gasteiger partial charge < -0.3 is 10.1 Å². The van der Waals surface area contributed by atoms with Crippen LogP contribution in [0.2, 0.25) is 0 Å². The molecule has 2 aromatic carbocycles. The van der Waals surface area contributed by atoms with Crippen LogP contribution in [0.5, 0.6) is 5.75 Å². The van der Waals surface area contributed by atoms with E-state index >= 15 is 0 Å². The van der Waals surface area contributed by atoms with Gasteiger partial charge in [-0.25, -0.2) is 4.98 Å². The van der Waals surface area contributed by atoms with E-state index in [1.807, 2.05) is 36.4 Å². The van der Waals surface area contributed by atoms with Crippen molar-refractivity contribution in [3.63, 3.8) is 0 Å². The van der Waals surface area contributed by atoms with Crippen LogP contribution in [0.1, 0.15) is 13.8 Å². The van der Waals surface area contributed by atoms with E-state index in [0.717, 1.165) is 34.0 Å². The van der Waals surface area contributed by atoms with Crippen LogP contribution in [-0.4, -0.2) is 18.1 Å². The Balaban J connectivity index is 2.10. The van der Waals surface area contributed by atoms with Crippen molar-refractivity contribution >= 4 is 5.69 Å². The zero-order valence-corrected chi connectivity index (χ0v) is 14.3. The summed E-state index contributed by atoms with van der Waals surface area (Å²) in [5, 5.41) is 3.48. The standard InChI is InChI=1S/C21H22N2O/c1-15(2)22-18-13-20(16-8-5-4-6-9-16)23-21(14-18)17-10-7-11-19(12-17)24-3/h4-15H,1-3H3,(H,22,23). The molecule has 3 aromatic rings. The minimum absolute atomic E-state index is 0.356. The van der Waals surface area contributed by atoms with Gasteiger partial charge in [0.2, 0.25) is 0 Å². The number of nitrogens with zero attached hydrogens (tertiary/aromatic N) is 1. The Morgan fingerprint density at radius 3 is 2.17 bits per heavy atom. The Morgan fingerprint density at radius 1 is 0.833 bits per heavy atom. The van der Waals surface area contributed by atoms with E-state index in [0.29, 0.717) is 6.04 Å². The fourth-order valence-corrected chi connectivity index (χ4v) is 2.63. The van der Waals surface area contributed by atoms with Gasteiger partial charge in [0.15, 0.2) is 0 Å². The van der Waals surface area contributed by atoms with Crippen molar-refractivity contribution in [2.75, 3.05) is 12.4 Å². The topological polar surface area (TPSA) is 34.1 Å². The molecule has 0 fully saturated rings. The number of nitrogens with one attached hydrogen (secondary N) is 1. The lowest BCUT2D eigenvalue weighted by molar-refractivity contribution is 0.415. The molecule has 0 bridgehead atoms. The fraction of sp³-hybridized carbons (Fsp3) is 0.190. The van der Waals surface area contributed by atoms with Gasteiger partial charge in [-0.1, -0.05) is 42.5 Å². The Morgan fingerprint density at radius 2 is 1.50 bits per heavy atom. The molecule has 0 saturated carbocycles. The van der Waals surface area contributed by atoms with Crippen molar-refractivity contribution in [2.45, 2.75) is 19.9 Å². The van der Waals surface area contributed by atoms with E-state index in [4.69, 9.17) is 9.72 Å². The molecule has 3 nitrogen and oxygen atoms in total. The Bertz CT molecular complexity index is 813. The molecule has 0 saturated heterocycles. The van der Waals surface area contributed by atoms with E-state index in [-0.39, 0.29) is 0 Å². The molecule has 0 aliphatic carbocycles.